The molecule has 1 saturated carbocycles. The van der Waals surface area contributed by atoms with Gasteiger partial charge in [-0.25, -0.2) is 0 Å². The van der Waals surface area contributed by atoms with E-state index < -0.39 is 5.92 Å². The molecule has 1 aliphatic rings. The minimum atomic E-state index is -1.09. The van der Waals surface area contributed by atoms with Gasteiger partial charge in [0.05, 0.1) is 0 Å². The highest BCUT2D eigenvalue weighted by molar-refractivity contribution is 6.21. The smallest absolute Gasteiger partial charge is 0.186 e. The van der Waals surface area contributed by atoms with Crippen molar-refractivity contribution in [2.45, 2.75) is 59.8 Å². The molecule has 1 aliphatic carbocycles. The van der Waals surface area contributed by atoms with Gasteiger partial charge in [-0.2, -0.15) is 0 Å². The van der Waals surface area contributed by atoms with Crippen LogP contribution in [0.4, 0.5) is 0 Å². The molecule has 1 aromatic carbocycles. The van der Waals surface area contributed by atoms with Crippen LogP contribution in [-0.2, 0) is 14.4 Å². The molecule has 4 heteroatoms. The van der Waals surface area contributed by atoms with Crippen LogP contribution in [0, 0.1) is 26.7 Å². The van der Waals surface area contributed by atoms with Crippen LogP contribution in [0.5, 0.6) is 0 Å². The number of Topliss-reactive ketones (excluding diaryl/α,β-unsaturated/α-hetero) is 3. The van der Waals surface area contributed by atoms with Crippen LogP contribution >= 0.6 is 0 Å². The molecule has 0 N–H and O–H groups in total. The van der Waals surface area contributed by atoms with Gasteiger partial charge in [0, 0.05) is 24.8 Å². The molecule has 1 aromatic rings. The molecule has 0 amide bonds. The second kappa shape index (κ2) is 7.90. The molecule has 26 heavy (non-hydrogen) atoms. The van der Waals surface area contributed by atoms with Crippen molar-refractivity contribution < 1.29 is 19.2 Å². The monoisotopic (exact) mass is 354 g/mol. The average Bonchev–Trinajstić information content (AvgIpc) is 2.53. The Morgan fingerprint density at radius 1 is 1.08 bits per heavy atom. The number of aryl methyl sites for hydroxylation is 2. The fourth-order valence-corrected chi connectivity index (χ4v) is 4.18. The lowest BCUT2D eigenvalue weighted by Gasteiger charge is -2.29. The van der Waals surface area contributed by atoms with E-state index in [-0.39, 0.29) is 48.3 Å². The van der Waals surface area contributed by atoms with E-state index in [2.05, 4.69) is 0 Å². The van der Waals surface area contributed by atoms with Crippen molar-refractivity contribution in [2.75, 3.05) is 0 Å². The highest BCUT2D eigenvalue weighted by atomic mass is 16.2. The van der Waals surface area contributed by atoms with E-state index in [1.807, 2.05) is 26.8 Å². The second-order valence-electron chi connectivity index (χ2n) is 7.08. The summed E-state index contributed by atoms with van der Waals surface area (Å²) in [7, 11) is 0. The molecular formula is C22H26O4. The molecule has 0 spiro atoms. The van der Waals surface area contributed by atoms with Gasteiger partial charge in [0.15, 0.2) is 23.1 Å². The van der Waals surface area contributed by atoms with E-state index >= 15 is 0 Å². The summed E-state index contributed by atoms with van der Waals surface area (Å²) >= 11 is 0. The molecule has 2 rings (SSSR count). The highest BCUT2D eigenvalue weighted by Crippen LogP contribution is 2.38. The van der Waals surface area contributed by atoms with Crippen molar-refractivity contribution in [1.29, 1.82) is 0 Å². The van der Waals surface area contributed by atoms with E-state index in [1.54, 1.807) is 19.9 Å². The fraction of sp³-hybridized carbons (Fsp3) is 0.455. The lowest BCUT2D eigenvalue weighted by Crippen LogP contribution is -2.38. The van der Waals surface area contributed by atoms with E-state index in [0.717, 1.165) is 22.3 Å². The number of hydrogen-bond donors (Lipinski definition) is 0. The maximum absolute atomic E-state index is 12.5. The summed E-state index contributed by atoms with van der Waals surface area (Å²) in [5.41, 5.74) is 4.22. The number of hydrogen-bond acceptors (Lipinski definition) is 4. The van der Waals surface area contributed by atoms with Crippen molar-refractivity contribution >= 4 is 23.1 Å². The number of ketones is 4. The molecule has 0 radical (unpaired) electrons. The molecule has 0 saturated heterocycles. The SMILES string of the molecule is CC=CC(=O)c1c(C)cc(C)c(C2CC(=O)C(C(=O)CC)C(=O)C2)c1C. The summed E-state index contributed by atoms with van der Waals surface area (Å²) in [5, 5.41) is 0. The Hall–Kier alpha value is -2.36. The first-order chi connectivity index (χ1) is 12.2. The first-order valence-electron chi connectivity index (χ1n) is 9.08. The third-order valence-electron chi connectivity index (χ3n) is 5.21. The molecule has 0 atom stereocenters. The van der Waals surface area contributed by atoms with Crippen LogP contribution in [0.2, 0.25) is 0 Å². The minimum Gasteiger partial charge on any atom is -0.298 e. The molecule has 0 bridgehead atoms. The third kappa shape index (κ3) is 3.59. The largest absolute Gasteiger partial charge is 0.298 e. The number of carbonyl (C=O) groups is 4. The Kier molecular flexibility index (Phi) is 6.06. The van der Waals surface area contributed by atoms with Crippen molar-refractivity contribution in [2.24, 2.45) is 5.92 Å². The van der Waals surface area contributed by atoms with Gasteiger partial charge in [-0.3, -0.25) is 19.2 Å². The molecule has 0 aromatic heterocycles. The van der Waals surface area contributed by atoms with Gasteiger partial charge in [-0.15, -0.1) is 0 Å². The van der Waals surface area contributed by atoms with Gasteiger partial charge in [0.2, 0.25) is 0 Å². The Morgan fingerprint density at radius 3 is 2.15 bits per heavy atom. The minimum absolute atomic E-state index is 0.0729. The molecule has 0 aliphatic heterocycles. The molecule has 0 heterocycles. The van der Waals surface area contributed by atoms with Gasteiger partial charge < -0.3 is 0 Å². The fourth-order valence-electron chi connectivity index (χ4n) is 4.18. The molecular weight excluding hydrogens is 328 g/mol. The van der Waals surface area contributed by atoms with Crippen LogP contribution < -0.4 is 0 Å². The van der Waals surface area contributed by atoms with Crippen LogP contribution in [0.15, 0.2) is 18.2 Å². The number of allylic oxidation sites excluding steroid dienone is 2. The Bertz CT molecular complexity index is 796. The normalized spacial score (nSPS) is 20.7. The summed E-state index contributed by atoms with van der Waals surface area (Å²) in [6.45, 7) is 9.18. The lowest BCUT2D eigenvalue weighted by atomic mass is 9.72. The predicted molar refractivity (Wildman–Crippen MR) is 101 cm³/mol. The van der Waals surface area contributed by atoms with E-state index in [0.29, 0.717) is 5.56 Å². The van der Waals surface area contributed by atoms with Crippen molar-refractivity contribution in [1.82, 2.24) is 0 Å². The zero-order chi connectivity index (χ0) is 19.6. The molecule has 0 unspecified atom stereocenters. The van der Waals surface area contributed by atoms with Gasteiger partial charge in [0.1, 0.15) is 5.92 Å². The summed E-state index contributed by atoms with van der Waals surface area (Å²) in [4.78, 5) is 49.4. The standard InChI is InChI=1S/C22H26O4/c1-6-8-17(24)21-13(4)9-12(3)20(14(21)5)15-10-18(25)22(16(23)7-2)19(26)11-15/h6,8-9,15,22H,7,10-11H2,1-5H3. The Morgan fingerprint density at radius 2 is 1.65 bits per heavy atom. The number of carbonyl (C=O) groups excluding carboxylic acids is 4. The second-order valence-corrected chi connectivity index (χ2v) is 7.08. The summed E-state index contributed by atoms with van der Waals surface area (Å²) in [5.74, 6) is -2.31. The molecule has 138 valence electrons. The van der Waals surface area contributed by atoms with Crippen LogP contribution in [0.1, 0.15) is 71.6 Å². The average molecular weight is 354 g/mol. The van der Waals surface area contributed by atoms with Gasteiger partial charge >= 0.3 is 0 Å². The Balaban J connectivity index is 2.48. The van der Waals surface area contributed by atoms with Crippen LogP contribution in [0.25, 0.3) is 0 Å². The number of rotatable bonds is 5. The quantitative estimate of drug-likeness (QED) is 0.456. The van der Waals surface area contributed by atoms with E-state index in [4.69, 9.17) is 0 Å². The molecule has 1 fully saturated rings. The van der Waals surface area contributed by atoms with E-state index in [9.17, 15) is 19.2 Å². The van der Waals surface area contributed by atoms with Gasteiger partial charge in [-0.1, -0.05) is 19.1 Å². The first-order valence-corrected chi connectivity index (χ1v) is 9.08. The molecule has 4 nitrogen and oxygen atoms in total. The van der Waals surface area contributed by atoms with Gasteiger partial charge in [0.25, 0.3) is 0 Å². The van der Waals surface area contributed by atoms with Crippen molar-refractivity contribution in [3.05, 3.63) is 46.0 Å². The first kappa shape index (κ1) is 20.0. The zero-order valence-electron chi connectivity index (χ0n) is 16.1. The maximum atomic E-state index is 12.5. The van der Waals surface area contributed by atoms with E-state index in [1.165, 1.54) is 6.08 Å². The summed E-state index contributed by atoms with van der Waals surface area (Å²) in [6, 6.07) is 1.94. The van der Waals surface area contributed by atoms with Crippen molar-refractivity contribution in [3.63, 3.8) is 0 Å². The van der Waals surface area contributed by atoms with Gasteiger partial charge in [-0.05, 0) is 61.9 Å². The van der Waals surface area contributed by atoms with Crippen molar-refractivity contribution in [3.8, 4) is 0 Å². The number of benzene rings is 1. The summed E-state index contributed by atoms with van der Waals surface area (Å²) in [6.07, 6.45) is 3.77. The summed E-state index contributed by atoms with van der Waals surface area (Å²) < 4.78 is 0. The maximum Gasteiger partial charge on any atom is 0.186 e. The van der Waals surface area contributed by atoms with Crippen LogP contribution in [-0.4, -0.2) is 23.1 Å². The highest BCUT2D eigenvalue weighted by Gasteiger charge is 2.40. The van der Waals surface area contributed by atoms with Crippen LogP contribution in [0.3, 0.4) is 0 Å². The predicted octanol–water partition coefficient (Wildman–Crippen LogP) is 3.98. The third-order valence-corrected chi connectivity index (χ3v) is 5.21. The lowest BCUT2D eigenvalue weighted by molar-refractivity contribution is -0.142. The zero-order valence-corrected chi connectivity index (χ0v) is 16.1. The topological polar surface area (TPSA) is 68.3 Å². The Labute approximate surface area is 154 Å².